The van der Waals surface area contributed by atoms with Crippen molar-refractivity contribution in [2.24, 2.45) is 5.92 Å². The van der Waals surface area contributed by atoms with Gasteiger partial charge >= 0.3 is 0 Å². The van der Waals surface area contributed by atoms with Crippen LogP contribution in [0.15, 0.2) is 48.8 Å². The van der Waals surface area contributed by atoms with Crippen molar-refractivity contribution in [3.63, 3.8) is 0 Å². The van der Waals surface area contributed by atoms with E-state index >= 15 is 0 Å². The van der Waals surface area contributed by atoms with Gasteiger partial charge in [-0.2, -0.15) is 4.73 Å². The van der Waals surface area contributed by atoms with Gasteiger partial charge in [0.1, 0.15) is 11.6 Å². The molecule has 1 spiro atoms. The van der Waals surface area contributed by atoms with Crippen LogP contribution in [-0.2, 0) is 22.6 Å². The SMILES string of the molecule is CCCCN1C(=O)[C@H](CC2CCCCC2)NC(=O)C12CCN(Cc1ccc(Cc3ccc[n+]([O-])c3)cc1)CC2.Cl. The molecule has 40 heavy (non-hydrogen) atoms. The zero-order chi connectivity index (χ0) is 27.2. The van der Waals surface area contributed by atoms with Crippen LogP contribution in [0.2, 0.25) is 0 Å². The Labute approximate surface area is 245 Å². The van der Waals surface area contributed by atoms with Crippen molar-refractivity contribution in [3.8, 4) is 0 Å². The highest BCUT2D eigenvalue weighted by atomic mass is 35.5. The number of halogens is 1. The van der Waals surface area contributed by atoms with Crippen molar-refractivity contribution in [2.75, 3.05) is 19.6 Å². The molecular formula is C32H45ClN4O3. The Balaban J connectivity index is 0.00000370. The molecule has 0 bridgehead atoms. The van der Waals surface area contributed by atoms with E-state index in [4.69, 9.17) is 0 Å². The van der Waals surface area contributed by atoms with E-state index in [0.29, 0.717) is 25.3 Å². The fraction of sp³-hybridized carbons (Fsp3) is 0.594. The predicted molar refractivity (Wildman–Crippen MR) is 159 cm³/mol. The summed E-state index contributed by atoms with van der Waals surface area (Å²) in [6, 6.07) is 12.0. The van der Waals surface area contributed by atoms with E-state index in [1.807, 2.05) is 11.0 Å². The van der Waals surface area contributed by atoms with E-state index < -0.39 is 5.54 Å². The fourth-order valence-electron chi connectivity index (χ4n) is 6.87. The molecule has 1 atom stereocenters. The molecule has 218 valence electrons. The largest absolute Gasteiger partial charge is 0.619 e. The third kappa shape index (κ3) is 6.98. The Morgan fingerprint density at radius 2 is 1.70 bits per heavy atom. The number of hydrogen-bond acceptors (Lipinski definition) is 4. The zero-order valence-corrected chi connectivity index (χ0v) is 24.7. The average molecular weight is 569 g/mol. The number of pyridine rings is 1. The molecule has 5 rings (SSSR count). The lowest BCUT2D eigenvalue weighted by Crippen LogP contribution is -2.73. The van der Waals surface area contributed by atoms with Gasteiger partial charge in [0.05, 0.1) is 0 Å². The molecule has 1 aromatic heterocycles. The molecule has 1 aromatic carbocycles. The first-order valence-corrected chi connectivity index (χ1v) is 15.1. The molecule has 3 aliphatic rings. The van der Waals surface area contributed by atoms with E-state index in [0.717, 1.165) is 55.6 Å². The molecular weight excluding hydrogens is 524 g/mol. The topological polar surface area (TPSA) is 79.6 Å². The molecule has 2 aromatic rings. The average Bonchev–Trinajstić information content (AvgIpc) is 2.94. The minimum Gasteiger partial charge on any atom is -0.619 e. The van der Waals surface area contributed by atoms with Gasteiger partial charge in [-0.3, -0.25) is 14.5 Å². The van der Waals surface area contributed by atoms with E-state index in [-0.39, 0.29) is 30.3 Å². The summed E-state index contributed by atoms with van der Waals surface area (Å²) >= 11 is 0. The number of rotatable bonds is 9. The summed E-state index contributed by atoms with van der Waals surface area (Å²) in [5.74, 6) is 0.779. The number of piperazine rings is 1. The highest BCUT2D eigenvalue weighted by molar-refractivity contribution is 6.00. The second-order valence-electron chi connectivity index (χ2n) is 12.0. The molecule has 2 amide bonds. The molecule has 1 aliphatic carbocycles. The summed E-state index contributed by atoms with van der Waals surface area (Å²) in [5.41, 5.74) is 2.70. The summed E-state index contributed by atoms with van der Waals surface area (Å²) in [6.45, 7) is 5.25. The molecule has 3 heterocycles. The maximum absolute atomic E-state index is 13.8. The number of hydrogen-bond donors (Lipinski definition) is 1. The number of likely N-dealkylation sites (tertiary alicyclic amines) is 1. The summed E-state index contributed by atoms with van der Waals surface area (Å²) in [4.78, 5) is 31.8. The second kappa shape index (κ2) is 13.8. The Morgan fingerprint density at radius 1 is 1.00 bits per heavy atom. The lowest BCUT2D eigenvalue weighted by molar-refractivity contribution is -0.605. The Kier molecular flexibility index (Phi) is 10.5. The van der Waals surface area contributed by atoms with Gasteiger partial charge in [0.15, 0.2) is 12.4 Å². The first kappa shape index (κ1) is 30.3. The van der Waals surface area contributed by atoms with Crippen molar-refractivity contribution in [1.29, 1.82) is 0 Å². The van der Waals surface area contributed by atoms with Crippen LogP contribution < -0.4 is 10.0 Å². The molecule has 7 nitrogen and oxygen atoms in total. The van der Waals surface area contributed by atoms with Crippen LogP contribution >= 0.6 is 12.4 Å². The van der Waals surface area contributed by atoms with E-state index in [1.54, 1.807) is 12.3 Å². The minimum atomic E-state index is -0.705. The highest BCUT2D eigenvalue weighted by Crippen LogP contribution is 2.36. The number of carbonyl (C=O) groups excluding carboxylic acids is 2. The van der Waals surface area contributed by atoms with Crippen LogP contribution in [0.3, 0.4) is 0 Å². The van der Waals surface area contributed by atoms with Crippen molar-refractivity contribution in [2.45, 2.75) is 95.7 Å². The maximum Gasteiger partial charge on any atom is 0.246 e. The van der Waals surface area contributed by atoms with Gasteiger partial charge in [-0.1, -0.05) is 69.7 Å². The molecule has 0 radical (unpaired) electrons. The molecule has 3 fully saturated rings. The normalized spacial score (nSPS) is 21.7. The van der Waals surface area contributed by atoms with Crippen LogP contribution in [0, 0.1) is 11.1 Å². The number of aromatic nitrogens is 1. The van der Waals surface area contributed by atoms with Crippen LogP contribution in [0.4, 0.5) is 0 Å². The van der Waals surface area contributed by atoms with Crippen LogP contribution in [-0.4, -0.2) is 52.8 Å². The molecule has 1 N–H and O–H groups in total. The van der Waals surface area contributed by atoms with E-state index in [1.165, 1.54) is 49.4 Å². The van der Waals surface area contributed by atoms with Crippen molar-refractivity contribution in [1.82, 2.24) is 15.1 Å². The number of amides is 2. The molecule has 8 heteroatoms. The number of unbranched alkanes of at least 4 members (excludes halogenated alkanes) is 1. The van der Waals surface area contributed by atoms with Gasteiger partial charge in [-0.15, -0.1) is 12.4 Å². The van der Waals surface area contributed by atoms with Gasteiger partial charge in [-0.05, 0) is 48.8 Å². The van der Waals surface area contributed by atoms with Gasteiger partial charge in [0.25, 0.3) is 0 Å². The molecule has 2 saturated heterocycles. The predicted octanol–water partition coefficient (Wildman–Crippen LogP) is 4.76. The van der Waals surface area contributed by atoms with Gasteiger partial charge < -0.3 is 15.4 Å². The van der Waals surface area contributed by atoms with E-state index in [9.17, 15) is 14.8 Å². The maximum atomic E-state index is 13.8. The minimum absolute atomic E-state index is 0. The van der Waals surface area contributed by atoms with E-state index in [2.05, 4.69) is 41.4 Å². The van der Waals surface area contributed by atoms with Crippen LogP contribution in [0.1, 0.15) is 87.8 Å². The van der Waals surface area contributed by atoms with Crippen molar-refractivity contribution in [3.05, 3.63) is 70.7 Å². The van der Waals surface area contributed by atoms with Gasteiger partial charge in [-0.25, -0.2) is 0 Å². The standard InChI is InChI=1S/C32H44N4O3.ClH/c1-2-3-18-36-30(37)29(22-25-8-5-4-6-9-25)33-31(38)32(36)15-19-34(20-16-32)23-27-13-11-26(12-14-27)21-28-10-7-17-35(39)24-28;/h7,10-14,17,24-25,29H,2-6,8-9,15-16,18-23H2,1H3,(H,33,38);1H/t29-;/m0./s1. The summed E-state index contributed by atoms with van der Waals surface area (Å²) in [5, 5.41) is 14.7. The summed E-state index contributed by atoms with van der Waals surface area (Å²) in [6.07, 6.45) is 14.1. The lowest BCUT2D eigenvalue weighted by Gasteiger charge is -2.52. The number of carbonyl (C=O) groups is 2. The highest BCUT2D eigenvalue weighted by Gasteiger charge is 2.53. The number of benzene rings is 1. The first-order chi connectivity index (χ1) is 19.0. The third-order valence-corrected chi connectivity index (χ3v) is 9.19. The Morgan fingerprint density at radius 3 is 2.38 bits per heavy atom. The second-order valence-corrected chi connectivity index (χ2v) is 12.0. The summed E-state index contributed by atoms with van der Waals surface area (Å²) < 4.78 is 0.841. The molecule has 1 saturated carbocycles. The zero-order valence-electron chi connectivity index (χ0n) is 23.9. The number of nitrogens with zero attached hydrogens (tertiary/aromatic N) is 3. The molecule has 0 unspecified atom stereocenters. The quantitative estimate of drug-likeness (QED) is 0.349. The third-order valence-electron chi connectivity index (χ3n) is 9.19. The lowest BCUT2D eigenvalue weighted by atomic mass is 9.79. The Hall–Kier alpha value is -2.64. The van der Waals surface area contributed by atoms with Gasteiger partial charge in [0.2, 0.25) is 11.8 Å². The smallest absolute Gasteiger partial charge is 0.246 e. The number of piperidine rings is 1. The fourth-order valence-corrected chi connectivity index (χ4v) is 6.87. The Bertz CT molecular complexity index is 1130. The first-order valence-electron chi connectivity index (χ1n) is 15.1. The van der Waals surface area contributed by atoms with Crippen molar-refractivity contribution >= 4 is 24.2 Å². The number of nitrogens with one attached hydrogen (secondary N) is 1. The van der Waals surface area contributed by atoms with Crippen LogP contribution in [0.5, 0.6) is 0 Å². The van der Waals surface area contributed by atoms with Crippen LogP contribution in [0.25, 0.3) is 0 Å². The van der Waals surface area contributed by atoms with Gasteiger partial charge in [0, 0.05) is 44.2 Å². The van der Waals surface area contributed by atoms with Crippen molar-refractivity contribution < 1.29 is 14.3 Å². The molecule has 2 aliphatic heterocycles. The monoisotopic (exact) mass is 568 g/mol. The summed E-state index contributed by atoms with van der Waals surface area (Å²) in [7, 11) is 0.